The largest absolute Gasteiger partial charge is 0.459 e. The Balaban J connectivity index is 1.40. The Morgan fingerprint density at radius 2 is 1.66 bits per heavy atom. The number of piperazine rings is 1. The maximum atomic E-state index is 13.6. The highest BCUT2D eigenvalue weighted by atomic mass is 19.1. The van der Waals surface area contributed by atoms with Gasteiger partial charge in [-0.1, -0.05) is 30.3 Å². The number of halogens is 1. The van der Waals surface area contributed by atoms with Gasteiger partial charge in [0, 0.05) is 43.6 Å². The molecule has 0 atom stereocenters. The summed E-state index contributed by atoms with van der Waals surface area (Å²) in [5.41, 5.74) is 3.60. The van der Waals surface area contributed by atoms with Gasteiger partial charge in [-0.05, 0) is 42.0 Å². The second kappa shape index (κ2) is 8.72. The fourth-order valence-corrected chi connectivity index (χ4v) is 4.60. The minimum absolute atomic E-state index is 0.102. The van der Waals surface area contributed by atoms with E-state index in [0.717, 1.165) is 33.7 Å². The van der Waals surface area contributed by atoms with Gasteiger partial charge in [-0.2, -0.15) is 0 Å². The quantitative estimate of drug-likeness (QED) is 0.381. The number of aromatic nitrogens is 3. The molecule has 0 N–H and O–H groups in total. The van der Waals surface area contributed by atoms with Gasteiger partial charge >= 0.3 is 0 Å². The Labute approximate surface area is 201 Å². The normalized spacial score (nSPS) is 14.0. The van der Waals surface area contributed by atoms with Gasteiger partial charge < -0.3 is 18.8 Å². The number of hydrogen-bond donors (Lipinski definition) is 0. The average molecular weight is 468 g/mol. The zero-order valence-electron chi connectivity index (χ0n) is 18.8. The summed E-state index contributed by atoms with van der Waals surface area (Å²) in [4.78, 5) is 26.0. The van der Waals surface area contributed by atoms with Gasteiger partial charge in [-0.25, -0.2) is 14.4 Å². The topological polar surface area (TPSA) is 67.4 Å². The van der Waals surface area contributed by atoms with Crippen molar-refractivity contribution in [3.05, 3.63) is 97.1 Å². The second-order valence-electron chi connectivity index (χ2n) is 8.41. The van der Waals surface area contributed by atoms with Crippen LogP contribution in [0.25, 0.3) is 27.8 Å². The molecule has 2 aromatic carbocycles. The number of hydrogen-bond acceptors (Lipinski definition) is 5. The van der Waals surface area contributed by atoms with Crippen LogP contribution < -0.4 is 4.90 Å². The van der Waals surface area contributed by atoms with Gasteiger partial charge in [-0.3, -0.25) is 4.79 Å². The highest BCUT2D eigenvalue weighted by Gasteiger charge is 2.27. The van der Waals surface area contributed by atoms with Crippen LogP contribution in [-0.4, -0.2) is 51.5 Å². The van der Waals surface area contributed by atoms with Crippen LogP contribution in [0.2, 0.25) is 0 Å². The van der Waals surface area contributed by atoms with E-state index in [2.05, 4.69) is 27.0 Å². The monoisotopic (exact) mass is 467 g/mol. The van der Waals surface area contributed by atoms with E-state index < -0.39 is 0 Å². The molecular formula is C27H22FN5O2. The van der Waals surface area contributed by atoms with E-state index in [1.165, 1.54) is 18.4 Å². The molecule has 0 unspecified atom stereocenters. The molecular weight excluding hydrogens is 445 g/mol. The van der Waals surface area contributed by atoms with Crippen molar-refractivity contribution in [3.63, 3.8) is 0 Å². The van der Waals surface area contributed by atoms with Crippen molar-refractivity contribution in [2.75, 3.05) is 31.1 Å². The molecule has 0 bridgehead atoms. The van der Waals surface area contributed by atoms with Gasteiger partial charge in [0.1, 0.15) is 18.0 Å². The molecule has 4 heterocycles. The number of nitrogens with zero attached hydrogens (tertiary/aromatic N) is 5. The number of carbonyl (C=O) groups is 1. The molecule has 0 spiro atoms. The van der Waals surface area contributed by atoms with Gasteiger partial charge in [-0.15, -0.1) is 0 Å². The van der Waals surface area contributed by atoms with E-state index in [0.29, 0.717) is 31.9 Å². The van der Waals surface area contributed by atoms with Crippen molar-refractivity contribution in [1.29, 1.82) is 0 Å². The van der Waals surface area contributed by atoms with Crippen molar-refractivity contribution in [1.82, 2.24) is 19.4 Å². The summed E-state index contributed by atoms with van der Waals surface area (Å²) in [5.74, 6) is 0.783. The molecule has 3 aromatic heterocycles. The first-order chi connectivity index (χ1) is 17.2. The second-order valence-corrected chi connectivity index (χ2v) is 8.41. The Morgan fingerprint density at radius 3 is 2.37 bits per heavy atom. The van der Waals surface area contributed by atoms with Crippen molar-refractivity contribution < 1.29 is 13.6 Å². The first-order valence-corrected chi connectivity index (χ1v) is 11.4. The Kier molecular flexibility index (Phi) is 5.25. The summed E-state index contributed by atoms with van der Waals surface area (Å²) in [5, 5.41) is 0.925. The third-order valence-electron chi connectivity index (χ3n) is 6.35. The predicted octanol–water partition coefficient (Wildman–Crippen LogP) is 4.78. The zero-order valence-corrected chi connectivity index (χ0v) is 18.8. The molecule has 0 aliphatic carbocycles. The molecule has 5 aromatic rings. The number of anilines is 1. The van der Waals surface area contributed by atoms with E-state index in [1.807, 2.05) is 29.0 Å². The predicted molar refractivity (Wildman–Crippen MR) is 131 cm³/mol. The Morgan fingerprint density at radius 1 is 0.886 bits per heavy atom. The summed E-state index contributed by atoms with van der Waals surface area (Å²) in [6, 6.07) is 19.9. The standard InChI is InChI=1S/C27H22FN5O2/c28-20-8-10-21(11-9-20)33-17-22(19-5-2-1-3-6-19)24-25(29-18-30-26(24)33)31-12-14-32(15-13-31)27(34)23-7-4-16-35-23/h1-11,16-18H,12-15H2. The Bertz CT molecular complexity index is 1470. The number of rotatable bonds is 4. The van der Waals surface area contributed by atoms with Gasteiger partial charge in [0.05, 0.1) is 11.6 Å². The van der Waals surface area contributed by atoms with Gasteiger partial charge in [0.25, 0.3) is 5.91 Å². The first kappa shape index (κ1) is 21.1. The average Bonchev–Trinajstić information content (AvgIpc) is 3.58. The SMILES string of the molecule is O=C(c1ccco1)N1CCN(c2ncnc3c2c(-c2ccccc2)cn3-c2ccc(F)cc2)CC1. The lowest BCUT2D eigenvalue weighted by Gasteiger charge is -2.35. The number of benzene rings is 2. The van der Waals surface area contributed by atoms with Crippen LogP contribution in [0.4, 0.5) is 10.2 Å². The number of furan rings is 1. The van der Waals surface area contributed by atoms with Crippen LogP contribution in [0, 0.1) is 5.82 Å². The number of fused-ring (bicyclic) bond motifs is 1. The maximum Gasteiger partial charge on any atom is 0.289 e. The van der Waals surface area contributed by atoms with E-state index in [1.54, 1.807) is 35.5 Å². The first-order valence-electron chi connectivity index (χ1n) is 11.4. The van der Waals surface area contributed by atoms with Crippen LogP contribution in [0.5, 0.6) is 0 Å². The summed E-state index contributed by atoms with van der Waals surface area (Å²) in [6.45, 7) is 2.39. The van der Waals surface area contributed by atoms with E-state index in [9.17, 15) is 9.18 Å². The molecule has 6 rings (SSSR count). The lowest BCUT2D eigenvalue weighted by molar-refractivity contribution is 0.0714. The van der Waals surface area contributed by atoms with E-state index in [4.69, 9.17) is 4.42 Å². The Hall–Kier alpha value is -4.46. The molecule has 35 heavy (non-hydrogen) atoms. The molecule has 1 saturated heterocycles. The molecule has 1 aliphatic heterocycles. The molecule has 8 heteroatoms. The highest BCUT2D eigenvalue weighted by Crippen LogP contribution is 2.37. The van der Waals surface area contributed by atoms with Crippen LogP contribution >= 0.6 is 0 Å². The lowest BCUT2D eigenvalue weighted by atomic mass is 10.1. The summed E-state index contributed by atoms with van der Waals surface area (Å²) >= 11 is 0. The molecule has 1 fully saturated rings. The van der Waals surface area contributed by atoms with Crippen LogP contribution in [0.15, 0.2) is 89.9 Å². The van der Waals surface area contributed by atoms with E-state index in [-0.39, 0.29) is 11.7 Å². The fraction of sp³-hybridized carbons (Fsp3) is 0.148. The zero-order chi connectivity index (χ0) is 23.8. The summed E-state index contributed by atoms with van der Waals surface area (Å²) in [7, 11) is 0. The summed E-state index contributed by atoms with van der Waals surface area (Å²) in [6.07, 6.45) is 5.10. The number of amides is 1. The van der Waals surface area contributed by atoms with Crippen LogP contribution in [0.1, 0.15) is 10.6 Å². The van der Waals surface area contributed by atoms with Crippen molar-refractivity contribution >= 4 is 22.8 Å². The third-order valence-corrected chi connectivity index (χ3v) is 6.35. The van der Waals surface area contributed by atoms with Crippen molar-refractivity contribution in [2.45, 2.75) is 0 Å². The van der Waals surface area contributed by atoms with E-state index >= 15 is 0 Å². The fourth-order valence-electron chi connectivity index (χ4n) is 4.60. The van der Waals surface area contributed by atoms with Crippen molar-refractivity contribution in [3.8, 4) is 16.8 Å². The minimum Gasteiger partial charge on any atom is -0.459 e. The number of carbonyl (C=O) groups excluding carboxylic acids is 1. The molecule has 1 aliphatic rings. The van der Waals surface area contributed by atoms with Crippen molar-refractivity contribution in [2.24, 2.45) is 0 Å². The third kappa shape index (κ3) is 3.82. The van der Waals surface area contributed by atoms with Gasteiger partial charge in [0.2, 0.25) is 0 Å². The lowest BCUT2D eigenvalue weighted by Crippen LogP contribution is -2.49. The molecule has 7 nitrogen and oxygen atoms in total. The van der Waals surface area contributed by atoms with Crippen LogP contribution in [-0.2, 0) is 0 Å². The maximum absolute atomic E-state index is 13.6. The highest BCUT2D eigenvalue weighted by molar-refractivity contribution is 6.02. The molecule has 1 amide bonds. The van der Waals surface area contributed by atoms with Crippen LogP contribution in [0.3, 0.4) is 0 Å². The molecule has 0 radical (unpaired) electrons. The molecule has 174 valence electrons. The molecule has 0 saturated carbocycles. The summed E-state index contributed by atoms with van der Waals surface area (Å²) < 4.78 is 20.9. The smallest absolute Gasteiger partial charge is 0.289 e. The van der Waals surface area contributed by atoms with Gasteiger partial charge in [0.15, 0.2) is 11.4 Å². The minimum atomic E-state index is -0.286.